The molecular weight excluding hydrogens is 388 g/mol. The number of ether oxygens (including phenoxy) is 1. The van der Waals surface area contributed by atoms with E-state index >= 15 is 0 Å². The molecule has 0 bridgehead atoms. The first kappa shape index (κ1) is 19.6. The van der Waals surface area contributed by atoms with Gasteiger partial charge in [0.15, 0.2) is 6.10 Å². The molecule has 0 spiro atoms. The standard InChI is InChI=1S/C14H19BrN2O5S/c1-8(2)7-17-23(20,21)10-4-5-12(15)11(6-10)14(19)22-9(3)13(16)18/h4-6,8-9,17H,7H2,1-3H3,(H2,16,18)/t9-/m0/s1. The van der Waals surface area contributed by atoms with E-state index in [1.54, 1.807) is 0 Å². The van der Waals surface area contributed by atoms with Crippen LogP contribution < -0.4 is 10.5 Å². The lowest BCUT2D eigenvalue weighted by Gasteiger charge is -2.13. The minimum Gasteiger partial charge on any atom is -0.449 e. The van der Waals surface area contributed by atoms with E-state index in [0.717, 1.165) is 0 Å². The molecule has 1 atom stereocenters. The predicted molar refractivity (Wildman–Crippen MR) is 88.2 cm³/mol. The van der Waals surface area contributed by atoms with Gasteiger partial charge in [-0.3, -0.25) is 4.79 Å². The number of hydrogen-bond donors (Lipinski definition) is 2. The Kier molecular flexibility index (Phi) is 6.72. The summed E-state index contributed by atoms with van der Waals surface area (Å²) in [7, 11) is -3.74. The number of esters is 1. The van der Waals surface area contributed by atoms with Crippen molar-refractivity contribution in [3.63, 3.8) is 0 Å². The van der Waals surface area contributed by atoms with Gasteiger partial charge in [0, 0.05) is 11.0 Å². The molecule has 1 aromatic rings. The quantitative estimate of drug-likeness (QED) is 0.664. The molecule has 7 nitrogen and oxygen atoms in total. The highest BCUT2D eigenvalue weighted by Crippen LogP contribution is 2.22. The topological polar surface area (TPSA) is 116 Å². The number of hydrogen-bond acceptors (Lipinski definition) is 5. The number of carbonyl (C=O) groups excluding carboxylic acids is 2. The van der Waals surface area contributed by atoms with Gasteiger partial charge in [-0.25, -0.2) is 17.9 Å². The van der Waals surface area contributed by atoms with Crippen LogP contribution in [0.1, 0.15) is 31.1 Å². The number of rotatable bonds is 7. The number of sulfonamides is 1. The molecule has 0 aliphatic heterocycles. The van der Waals surface area contributed by atoms with E-state index in [1.807, 2.05) is 13.8 Å². The molecule has 0 aliphatic rings. The molecule has 1 aromatic carbocycles. The van der Waals surface area contributed by atoms with E-state index < -0.39 is 28.0 Å². The normalized spacial score (nSPS) is 12.9. The van der Waals surface area contributed by atoms with Gasteiger partial charge < -0.3 is 10.5 Å². The maximum Gasteiger partial charge on any atom is 0.340 e. The third kappa shape index (κ3) is 5.60. The van der Waals surface area contributed by atoms with Gasteiger partial charge >= 0.3 is 5.97 Å². The highest BCUT2D eigenvalue weighted by molar-refractivity contribution is 9.10. The maximum absolute atomic E-state index is 12.2. The Balaban J connectivity index is 3.08. The van der Waals surface area contributed by atoms with Crippen molar-refractivity contribution < 1.29 is 22.7 Å². The predicted octanol–water partition coefficient (Wildman–Crippen LogP) is 1.41. The van der Waals surface area contributed by atoms with Crippen molar-refractivity contribution in [3.05, 3.63) is 28.2 Å². The zero-order chi connectivity index (χ0) is 17.8. The van der Waals surface area contributed by atoms with Gasteiger partial charge in [0.05, 0.1) is 10.5 Å². The molecule has 0 saturated heterocycles. The van der Waals surface area contributed by atoms with Crippen molar-refractivity contribution in [1.82, 2.24) is 4.72 Å². The van der Waals surface area contributed by atoms with Crippen molar-refractivity contribution in [2.24, 2.45) is 11.7 Å². The van der Waals surface area contributed by atoms with Crippen LogP contribution in [0, 0.1) is 5.92 Å². The zero-order valence-corrected chi connectivity index (χ0v) is 15.4. The molecule has 23 heavy (non-hydrogen) atoms. The summed E-state index contributed by atoms with van der Waals surface area (Å²) in [6, 6.07) is 3.97. The molecule has 1 rings (SSSR count). The van der Waals surface area contributed by atoms with Crippen LogP contribution in [0.25, 0.3) is 0 Å². The Bertz CT molecular complexity index is 703. The van der Waals surface area contributed by atoms with E-state index in [1.165, 1.54) is 25.1 Å². The Labute approximate surface area is 143 Å². The molecular formula is C14H19BrN2O5S. The largest absolute Gasteiger partial charge is 0.449 e. The van der Waals surface area contributed by atoms with Crippen molar-refractivity contribution in [2.45, 2.75) is 31.8 Å². The lowest BCUT2D eigenvalue weighted by atomic mass is 10.2. The van der Waals surface area contributed by atoms with Gasteiger partial charge in [-0.2, -0.15) is 0 Å². The van der Waals surface area contributed by atoms with Crippen molar-refractivity contribution in [2.75, 3.05) is 6.54 Å². The Hall–Kier alpha value is -1.45. The van der Waals surface area contributed by atoms with Gasteiger partial charge in [0.1, 0.15) is 0 Å². The average Bonchev–Trinajstić information content (AvgIpc) is 2.45. The third-order valence-corrected chi connectivity index (χ3v) is 4.95. The van der Waals surface area contributed by atoms with Crippen molar-refractivity contribution in [3.8, 4) is 0 Å². The Morgan fingerprint density at radius 3 is 2.43 bits per heavy atom. The Morgan fingerprint density at radius 1 is 1.30 bits per heavy atom. The summed E-state index contributed by atoms with van der Waals surface area (Å²) in [6.07, 6.45) is -1.12. The van der Waals surface area contributed by atoms with E-state index in [9.17, 15) is 18.0 Å². The molecule has 0 aliphatic carbocycles. The highest BCUT2D eigenvalue weighted by atomic mass is 79.9. The van der Waals surface area contributed by atoms with Crippen LogP contribution in [0.4, 0.5) is 0 Å². The summed E-state index contributed by atoms with van der Waals surface area (Å²) < 4.78 is 32.1. The first-order chi connectivity index (χ1) is 10.5. The molecule has 9 heteroatoms. The number of nitrogens with one attached hydrogen (secondary N) is 1. The fraction of sp³-hybridized carbons (Fsp3) is 0.429. The highest BCUT2D eigenvalue weighted by Gasteiger charge is 2.22. The summed E-state index contributed by atoms with van der Waals surface area (Å²) >= 11 is 3.15. The van der Waals surface area contributed by atoms with Gasteiger partial charge in [0.2, 0.25) is 10.0 Å². The van der Waals surface area contributed by atoms with Gasteiger partial charge in [-0.1, -0.05) is 13.8 Å². The van der Waals surface area contributed by atoms with E-state index in [2.05, 4.69) is 20.7 Å². The first-order valence-electron chi connectivity index (χ1n) is 6.84. The van der Waals surface area contributed by atoms with E-state index in [4.69, 9.17) is 10.5 Å². The van der Waals surface area contributed by atoms with Crippen molar-refractivity contribution in [1.29, 1.82) is 0 Å². The van der Waals surface area contributed by atoms with Crippen LogP contribution in [0.2, 0.25) is 0 Å². The molecule has 0 aromatic heterocycles. The molecule has 1 amide bonds. The maximum atomic E-state index is 12.2. The van der Waals surface area contributed by atoms with Gasteiger partial charge in [0.25, 0.3) is 5.91 Å². The zero-order valence-electron chi connectivity index (χ0n) is 13.0. The lowest BCUT2D eigenvalue weighted by Crippen LogP contribution is -2.31. The van der Waals surface area contributed by atoms with E-state index in [-0.39, 0.29) is 22.9 Å². The second kappa shape index (κ2) is 7.89. The number of benzene rings is 1. The van der Waals surface area contributed by atoms with Crippen molar-refractivity contribution >= 4 is 37.8 Å². The first-order valence-corrected chi connectivity index (χ1v) is 9.11. The number of primary amides is 1. The third-order valence-electron chi connectivity index (χ3n) is 2.83. The van der Waals surface area contributed by atoms with Gasteiger partial charge in [-0.05, 0) is 47.0 Å². The molecule has 0 fully saturated rings. The molecule has 3 N–H and O–H groups in total. The van der Waals surface area contributed by atoms with Crippen LogP contribution >= 0.6 is 15.9 Å². The number of nitrogens with two attached hydrogens (primary N) is 1. The van der Waals surface area contributed by atoms with Crippen LogP contribution in [-0.4, -0.2) is 32.9 Å². The van der Waals surface area contributed by atoms with Crippen LogP contribution in [0.5, 0.6) is 0 Å². The minimum atomic E-state index is -3.74. The summed E-state index contributed by atoms with van der Waals surface area (Å²) in [5.74, 6) is -1.50. The monoisotopic (exact) mass is 406 g/mol. The fourth-order valence-electron chi connectivity index (χ4n) is 1.47. The molecule has 0 radical (unpaired) electrons. The Morgan fingerprint density at radius 2 is 1.91 bits per heavy atom. The molecule has 0 unspecified atom stereocenters. The van der Waals surface area contributed by atoms with Crippen LogP contribution in [0.15, 0.2) is 27.6 Å². The fourth-order valence-corrected chi connectivity index (χ4v) is 3.12. The minimum absolute atomic E-state index is 0.00878. The van der Waals surface area contributed by atoms with Gasteiger partial charge in [-0.15, -0.1) is 0 Å². The molecule has 0 heterocycles. The van der Waals surface area contributed by atoms with E-state index in [0.29, 0.717) is 4.47 Å². The number of halogens is 1. The smallest absolute Gasteiger partial charge is 0.340 e. The molecule has 128 valence electrons. The number of amides is 1. The van der Waals surface area contributed by atoms with Crippen LogP contribution in [0.3, 0.4) is 0 Å². The second-order valence-electron chi connectivity index (χ2n) is 5.34. The second-order valence-corrected chi connectivity index (χ2v) is 7.96. The van der Waals surface area contributed by atoms with Crippen LogP contribution in [-0.2, 0) is 19.6 Å². The molecule has 0 saturated carbocycles. The summed E-state index contributed by atoms with van der Waals surface area (Å²) in [4.78, 5) is 22.9. The summed E-state index contributed by atoms with van der Waals surface area (Å²) in [6.45, 7) is 5.35. The number of carbonyl (C=O) groups is 2. The SMILES string of the molecule is CC(C)CNS(=O)(=O)c1ccc(Br)c(C(=O)O[C@@H](C)C(N)=O)c1. The summed E-state index contributed by atoms with van der Waals surface area (Å²) in [5.41, 5.74) is 5.02. The average molecular weight is 407 g/mol. The lowest BCUT2D eigenvalue weighted by molar-refractivity contribution is -0.125. The summed E-state index contributed by atoms with van der Waals surface area (Å²) in [5, 5.41) is 0.